The number of hydrogen-bond acceptors (Lipinski definition) is 2. The van der Waals surface area contributed by atoms with E-state index in [4.69, 9.17) is 0 Å². The van der Waals surface area contributed by atoms with Crippen molar-refractivity contribution in [2.24, 2.45) is 8.20 Å². The molecule has 70 valence electrons. The summed E-state index contributed by atoms with van der Waals surface area (Å²) >= 11 is -2.47. The molecule has 0 rings (SSSR count). The second kappa shape index (κ2) is 5.05. The van der Waals surface area contributed by atoms with Crippen molar-refractivity contribution in [3.63, 3.8) is 0 Å². The monoisotopic (exact) mass is 282 g/mol. The van der Waals surface area contributed by atoms with E-state index in [2.05, 4.69) is 29.8 Å². The van der Waals surface area contributed by atoms with Crippen LogP contribution in [0, 0.1) is 0 Å². The fourth-order valence-corrected chi connectivity index (χ4v) is 3.09. The Bertz CT molecular complexity index is 242. The molecule has 12 heavy (non-hydrogen) atoms. The van der Waals surface area contributed by atoms with Gasteiger partial charge in [0.25, 0.3) is 0 Å². The Kier molecular flexibility index (Phi) is 4.77. The van der Waals surface area contributed by atoms with Gasteiger partial charge in [-0.2, -0.15) is 0 Å². The maximum absolute atomic E-state index is 4.09. The van der Waals surface area contributed by atoms with Crippen LogP contribution in [-0.4, -0.2) is 35.5 Å². The predicted octanol–water partition coefficient (Wildman–Crippen LogP) is -3.26. The van der Waals surface area contributed by atoms with Crippen molar-refractivity contribution in [2.45, 2.75) is 6.92 Å². The SMILES string of the molecule is C=N[I-](C)(NC=NC)C(C)=[N+]=C. The Morgan fingerprint density at radius 1 is 1.67 bits per heavy atom. The summed E-state index contributed by atoms with van der Waals surface area (Å²) in [6, 6.07) is 0. The van der Waals surface area contributed by atoms with Crippen LogP contribution in [0.2, 0.25) is 0 Å². The molecule has 0 saturated heterocycles. The number of halogens is 1. The zero-order valence-corrected chi connectivity index (χ0v) is 9.87. The van der Waals surface area contributed by atoms with Gasteiger partial charge in [0.1, 0.15) is 0 Å². The van der Waals surface area contributed by atoms with Crippen molar-refractivity contribution in [1.82, 2.24) is 8.20 Å². The van der Waals surface area contributed by atoms with Crippen LogP contribution < -0.4 is 27.2 Å². The van der Waals surface area contributed by atoms with Gasteiger partial charge in [-0.15, -0.1) is 0 Å². The fraction of sp³-hybridized carbons (Fsp3) is 0.429. The van der Waals surface area contributed by atoms with Gasteiger partial charge >= 0.3 is 77.8 Å². The van der Waals surface area contributed by atoms with E-state index >= 15 is 0 Å². The van der Waals surface area contributed by atoms with E-state index in [0.717, 1.165) is 3.72 Å². The molecule has 0 heterocycles. The van der Waals surface area contributed by atoms with Crippen LogP contribution in [-0.2, 0) is 0 Å². The first-order valence-corrected chi connectivity index (χ1v) is 8.55. The Labute approximate surface area is 77.9 Å². The fourth-order valence-electron chi connectivity index (χ4n) is 0.460. The molecule has 0 fully saturated rings. The summed E-state index contributed by atoms with van der Waals surface area (Å²) < 4.78 is 12.0. The van der Waals surface area contributed by atoms with Gasteiger partial charge in [0.2, 0.25) is 0 Å². The second-order valence-corrected chi connectivity index (χ2v) is 9.57. The third-order valence-corrected chi connectivity index (χ3v) is 7.62. The van der Waals surface area contributed by atoms with E-state index in [0.29, 0.717) is 0 Å². The van der Waals surface area contributed by atoms with Crippen molar-refractivity contribution in [3.8, 4) is 0 Å². The molecule has 0 aromatic carbocycles. The van der Waals surface area contributed by atoms with E-state index in [1.165, 1.54) is 0 Å². The molecule has 0 aliphatic rings. The number of hydrogen-bond donors (Lipinski definition) is 1. The van der Waals surface area contributed by atoms with Crippen molar-refractivity contribution >= 4 is 23.5 Å². The molecule has 0 aliphatic carbocycles. The topological polar surface area (TPSA) is 50.9 Å². The average Bonchev–Trinajstić information content (AvgIpc) is 2.12. The van der Waals surface area contributed by atoms with Gasteiger partial charge in [0.15, 0.2) is 0 Å². The van der Waals surface area contributed by atoms with Gasteiger partial charge in [-0.05, 0) is 0 Å². The van der Waals surface area contributed by atoms with Crippen molar-refractivity contribution in [2.75, 3.05) is 12.0 Å². The van der Waals surface area contributed by atoms with Crippen LogP contribution in [0.15, 0.2) is 8.20 Å². The number of aliphatic imine (C=N–C) groups is 1. The summed E-state index contributed by atoms with van der Waals surface area (Å²) in [5.74, 6) is 0. The molecule has 1 atom stereocenters. The Morgan fingerprint density at radius 3 is 2.58 bits per heavy atom. The van der Waals surface area contributed by atoms with Crippen LogP contribution in [0.3, 0.4) is 0 Å². The summed E-state index contributed by atoms with van der Waals surface area (Å²) in [7, 11) is 1.70. The second-order valence-electron chi connectivity index (χ2n) is 2.08. The average molecular weight is 282 g/mol. The Balaban J connectivity index is 4.67. The number of nitrogens with one attached hydrogen (secondary N) is 1. The quantitative estimate of drug-likeness (QED) is 0.144. The van der Waals surface area contributed by atoms with Crippen molar-refractivity contribution < 1.29 is 19.0 Å². The van der Waals surface area contributed by atoms with E-state index in [1.54, 1.807) is 13.4 Å². The van der Waals surface area contributed by atoms with E-state index < -0.39 is 19.0 Å². The molecule has 0 aromatic heterocycles. The summed E-state index contributed by atoms with van der Waals surface area (Å²) in [6.07, 6.45) is 1.64. The van der Waals surface area contributed by atoms with Crippen molar-refractivity contribution in [1.29, 1.82) is 0 Å². The zero-order chi connectivity index (χ0) is 9.61. The summed E-state index contributed by atoms with van der Waals surface area (Å²) in [5.41, 5.74) is 0. The third kappa shape index (κ3) is 2.75. The molecule has 0 radical (unpaired) electrons. The maximum atomic E-state index is 4.09. The minimum atomic E-state index is -2.47. The van der Waals surface area contributed by atoms with E-state index in [9.17, 15) is 0 Å². The van der Waals surface area contributed by atoms with Crippen LogP contribution in [0.1, 0.15) is 6.92 Å². The van der Waals surface area contributed by atoms with Crippen molar-refractivity contribution in [3.05, 3.63) is 0 Å². The molecule has 4 nitrogen and oxygen atoms in total. The zero-order valence-electron chi connectivity index (χ0n) is 7.71. The van der Waals surface area contributed by atoms with Crippen LogP contribution in [0.5, 0.6) is 0 Å². The number of alkyl halides is 1. The summed E-state index contributed by atoms with van der Waals surface area (Å²) in [4.78, 5) is 5.86. The van der Waals surface area contributed by atoms with Gasteiger partial charge in [-0.3, -0.25) is 0 Å². The molecule has 1 unspecified atom stereocenters. The standard InChI is InChI=1S/C7H15IN4/c1-7(10-4)8(2,11-5)12-6-9-3/h6H,4-5H2,1-3H3,(H,9,12). The normalized spacial score (nSPS) is 17.6. The molecule has 1 N–H and O–H groups in total. The molecule has 0 spiro atoms. The van der Waals surface area contributed by atoms with Crippen LogP contribution >= 0.6 is 0 Å². The molecular weight excluding hydrogens is 267 g/mol. The minimum absolute atomic E-state index is 0.941. The molecule has 0 aromatic rings. The molecular formula is C7H15IN4. The molecule has 0 amide bonds. The molecule has 0 saturated carbocycles. The van der Waals surface area contributed by atoms with Crippen LogP contribution in [0.25, 0.3) is 0 Å². The van der Waals surface area contributed by atoms with E-state index in [1.807, 2.05) is 11.9 Å². The van der Waals surface area contributed by atoms with Gasteiger partial charge in [0, 0.05) is 0 Å². The Hall–Kier alpha value is -0.680. The first-order chi connectivity index (χ1) is 5.60. The van der Waals surface area contributed by atoms with Crippen LogP contribution in [0.4, 0.5) is 0 Å². The van der Waals surface area contributed by atoms with Gasteiger partial charge in [0.05, 0.1) is 0 Å². The molecule has 5 heteroatoms. The number of nitrogens with zero attached hydrogens (tertiary/aromatic N) is 3. The third-order valence-electron chi connectivity index (χ3n) is 1.38. The molecule has 0 bridgehead atoms. The summed E-state index contributed by atoms with van der Waals surface area (Å²) in [5, 5.41) is 0. The predicted molar refractivity (Wildman–Crippen MR) is 53.0 cm³/mol. The first kappa shape index (κ1) is 11.3. The van der Waals surface area contributed by atoms with Gasteiger partial charge in [-0.25, -0.2) is 0 Å². The van der Waals surface area contributed by atoms with Gasteiger partial charge < -0.3 is 0 Å². The number of rotatable bonds is 4. The van der Waals surface area contributed by atoms with Gasteiger partial charge in [-0.1, -0.05) is 0 Å². The molecule has 0 aliphatic heterocycles. The summed E-state index contributed by atoms with van der Waals surface area (Å²) in [6.45, 7) is 8.93. The first-order valence-electron chi connectivity index (χ1n) is 3.28. The Morgan fingerprint density at radius 2 is 2.25 bits per heavy atom. The van der Waals surface area contributed by atoms with E-state index in [-0.39, 0.29) is 0 Å².